The lowest BCUT2D eigenvalue weighted by Gasteiger charge is -2.30. The van der Waals surface area contributed by atoms with Crippen molar-refractivity contribution in [2.45, 2.75) is 27.7 Å². The number of thioether (sulfide) groups is 1. The van der Waals surface area contributed by atoms with Crippen LogP contribution in [0.2, 0.25) is 0 Å². The summed E-state index contributed by atoms with van der Waals surface area (Å²) in [6, 6.07) is 9.50. The number of nitrogens with one attached hydrogen (secondary N) is 1. The zero-order chi connectivity index (χ0) is 19.4. The summed E-state index contributed by atoms with van der Waals surface area (Å²) in [6.45, 7) is 0.588. The average Bonchev–Trinajstić information content (AvgIpc) is 3.18. The predicted octanol–water partition coefficient (Wildman–Crippen LogP) is 4.10. The number of piperidine rings is 1. The number of alkyl halides is 2. The molecular weight excluding hydrogens is 414 g/mol. The van der Waals surface area contributed by atoms with Gasteiger partial charge in [-0.05, 0) is 48.6 Å². The van der Waals surface area contributed by atoms with Crippen molar-refractivity contribution in [2.24, 2.45) is 5.92 Å². The van der Waals surface area contributed by atoms with Gasteiger partial charge in [-0.1, -0.05) is 17.8 Å². The Morgan fingerprint density at radius 1 is 1.19 bits per heavy atom. The van der Waals surface area contributed by atoms with E-state index in [1.165, 1.54) is 27.8 Å². The first-order valence-corrected chi connectivity index (χ1v) is 11.5. The molecule has 1 fully saturated rings. The van der Waals surface area contributed by atoms with Crippen molar-refractivity contribution < 1.29 is 22.0 Å². The van der Waals surface area contributed by atoms with E-state index < -0.39 is 15.8 Å². The van der Waals surface area contributed by atoms with Crippen LogP contribution in [-0.4, -0.2) is 37.5 Å². The highest BCUT2D eigenvalue weighted by atomic mass is 32.2. The maximum absolute atomic E-state index is 12.5. The van der Waals surface area contributed by atoms with Gasteiger partial charge in [-0.15, -0.1) is 11.3 Å². The highest BCUT2D eigenvalue weighted by Crippen LogP contribution is 2.28. The van der Waals surface area contributed by atoms with E-state index >= 15 is 0 Å². The number of carbonyl (C=O) groups is 1. The van der Waals surface area contributed by atoms with Crippen molar-refractivity contribution in [3.8, 4) is 0 Å². The quantitative estimate of drug-likeness (QED) is 0.698. The molecule has 146 valence electrons. The van der Waals surface area contributed by atoms with Gasteiger partial charge in [0.25, 0.3) is 15.8 Å². The normalized spacial score (nSPS) is 16.6. The van der Waals surface area contributed by atoms with E-state index in [1.54, 1.807) is 29.6 Å². The topological polar surface area (TPSA) is 66.5 Å². The highest BCUT2D eigenvalue weighted by molar-refractivity contribution is 7.99. The molecule has 10 heteroatoms. The Bertz CT molecular complexity index is 863. The van der Waals surface area contributed by atoms with Gasteiger partial charge in [0.1, 0.15) is 4.21 Å². The van der Waals surface area contributed by atoms with Gasteiger partial charge in [-0.3, -0.25) is 4.79 Å². The van der Waals surface area contributed by atoms with Gasteiger partial charge >= 0.3 is 0 Å². The molecule has 2 heterocycles. The van der Waals surface area contributed by atoms with Crippen molar-refractivity contribution >= 4 is 44.7 Å². The molecule has 1 saturated heterocycles. The lowest BCUT2D eigenvalue weighted by molar-refractivity contribution is -0.120. The minimum Gasteiger partial charge on any atom is -0.326 e. The summed E-state index contributed by atoms with van der Waals surface area (Å²) in [6.07, 6.45) is 0.880. The molecule has 1 aliphatic heterocycles. The van der Waals surface area contributed by atoms with Crippen LogP contribution < -0.4 is 5.32 Å². The van der Waals surface area contributed by atoms with Crippen molar-refractivity contribution in [3.05, 3.63) is 41.8 Å². The third kappa shape index (κ3) is 5.07. The van der Waals surface area contributed by atoms with Crippen LogP contribution in [0.15, 0.2) is 50.9 Å². The molecule has 0 atom stereocenters. The molecule has 1 N–H and O–H groups in total. The zero-order valence-corrected chi connectivity index (χ0v) is 16.6. The van der Waals surface area contributed by atoms with E-state index in [9.17, 15) is 22.0 Å². The number of sulfonamides is 1. The molecular formula is C17H18F2N2O3S3. The molecule has 1 aliphatic rings. The number of hydrogen-bond donors (Lipinski definition) is 1. The van der Waals surface area contributed by atoms with Gasteiger partial charge in [-0.2, -0.15) is 13.1 Å². The predicted molar refractivity (Wildman–Crippen MR) is 103 cm³/mol. The molecule has 3 rings (SSSR count). The first-order valence-electron chi connectivity index (χ1n) is 8.25. The van der Waals surface area contributed by atoms with Crippen molar-refractivity contribution in [1.82, 2.24) is 4.31 Å². The highest BCUT2D eigenvalue weighted by Gasteiger charge is 2.32. The summed E-state index contributed by atoms with van der Waals surface area (Å²) < 4.78 is 51.4. The Balaban J connectivity index is 1.54. The van der Waals surface area contributed by atoms with E-state index in [-0.39, 0.29) is 11.8 Å². The van der Waals surface area contributed by atoms with Crippen LogP contribution in [0.3, 0.4) is 0 Å². The number of hydrogen-bond acceptors (Lipinski definition) is 5. The third-order valence-electron chi connectivity index (χ3n) is 4.26. The van der Waals surface area contributed by atoms with Crippen molar-refractivity contribution in [3.63, 3.8) is 0 Å². The monoisotopic (exact) mass is 432 g/mol. The second-order valence-corrected chi connectivity index (χ2v) is 10.2. The van der Waals surface area contributed by atoms with Crippen LogP contribution in [0.5, 0.6) is 0 Å². The molecule has 5 nitrogen and oxygen atoms in total. The van der Waals surface area contributed by atoms with Crippen LogP contribution in [0.1, 0.15) is 12.8 Å². The Morgan fingerprint density at radius 3 is 2.41 bits per heavy atom. The Hall–Kier alpha value is -1.49. The number of carbonyl (C=O) groups excluding carboxylic acids is 1. The lowest BCUT2D eigenvalue weighted by atomic mass is 9.97. The fourth-order valence-corrected chi connectivity index (χ4v) is 5.97. The Labute approximate surface area is 164 Å². The molecule has 0 saturated carbocycles. The standard InChI is InChI=1S/C17H18F2N2O3S3/c18-17(19)26-14-5-3-13(4-6-14)20-16(22)12-7-9-21(10-8-12)27(23,24)15-2-1-11-25-15/h1-6,11-12,17H,7-10H2,(H,20,22). The lowest BCUT2D eigenvalue weighted by Crippen LogP contribution is -2.41. The molecule has 1 aromatic carbocycles. The minimum absolute atomic E-state index is 0.183. The second-order valence-electron chi connectivity index (χ2n) is 6.00. The first-order chi connectivity index (χ1) is 12.9. The van der Waals surface area contributed by atoms with E-state index in [2.05, 4.69) is 5.32 Å². The summed E-state index contributed by atoms with van der Waals surface area (Å²) in [5, 5.41) is 4.49. The van der Waals surface area contributed by atoms with E-state index in [4.69, 9.17) is 0 Å². The fraction of sp³-hybridized carbons (Fsp3) is 0.353. The second kappa shape index (κ2) is 8.68. The molecule has 0 bridgehead atoms. The van der Waals surface area contributed by atoms with Crippen molar-refractivity contribution in [2.75, 3.05) is 18.4 Å². The molecule has 1 aromatic heterocycles. The smallest absolute Gasteiger partial charge is 0.288 e. The van der Waals surface area contributed by atoms with Crippen LogP contribution >= 0.6 is 23.1 Å². The van der Waals surface area contributed by atoms with E-state index in [1.807, 2.05) is 0 Å². The van der Waals surface area contributed by atoms with Gasteiger partial charge < -0.3 is 5.32 Å². The summed E-state index contributed by atoms with van der Waals surface area (Å²) in [5.41, 5.74) is 0.534. The van der Waals surface area contributed by atoms with Gasteiger partial charge in [0.2, 0.25) is 5.91 Å². The van der Waals surface area contributed by atoms with Gasteiger partial charge in [0.15, 0.2) is 0 Å². The SMILES string of the molecule is O=C(Nc1ccc(SC(F)F)cc1)C1CCN(S(=O)(=O)c2cccs2)CC1. The Morgan fingerprint density at radius 2 is 1.85 bits per heavy atom. The minimum atomic E-state index is -3.48. The van der Waals surface area contributed by atoms with Gasteiger partial charge in [0, 0.05) is 29.6 Å². The summed E-state index contributed by atoms with van der Waals surface area (Å²) in [7, 11) is -3.48. The number of amides is 1. The maximum atomic E-state index is 12.5. The van der Waals surface area contributed by atoms with Crippen molar-refractivity contribution in [1.29, 1.82) is 0 Å². The largest absolute Gasteiger partial charge is 0.326 e. The maximum Gasteiger partial charge on any atom is 0.288 e. The van der Waals surface area contributed by atoms with Crippen LogP contribution in [0, 0.1) is 5.92 Å². The molecule has 0 radical (unpaired) electrons. The van der Waals surface area contributed by atoms with Crippen LogP contribution in [-0.2, 0) is 14.8 Å². The number of thiophene rings is 1. The molecule has 0 aliphatic carbocycles. The number of nitrogens with zero attached hydrogens (tertiary/aromatic N) is 1. The number of anilines is 1. The molecule has 2 aromatic rings. The molecule has 0 unspecified atom stereocenters. The third-order valence-corrected chi connectivity index (χ3v) is 8.26. The van der Waals surface area contributed by atoms with Gasteiger partial charge in [-0.25, -0.2) is 8.42 Å². The van der Waals surface area contributed by atoms with E-state index in [0.717, 1.165) is 0 Å². The Kier molecular flexibility index (Phi) is 6.51. The zero-order valence-electron chi connectivity index (χ0n) is 14.2. The average molecular weight is 433 g/mol. The fourth-order valence-electron chi connectivity index (χ4n) is 2.86. The first kappa shape index (κ1) is 20.2. The van der Waals surface area contributed by atoms with Crippen LogP contribution in [0.4, 0.5) is 14.5 Å². The van der Waals surface area contributed by atoms with E-state index in [0.29, 0.717) is 52.5 Å². The summed E-state index contributed by atoms with van der Waals surface area (Å²) >= 11 is 1.63. The summed E-state index contributed by atoms with van der Waals surface area (Å²) in [4.78, 5) is 12.8. The number of halogens is 2. The van der Waals surface area contributed by atoms with Gasteiger partial charge in [0.05, 0.1) is 0 Å². The molecule has 0 spiro atoms. The molecule has 1 amide bonds. The van der Waals surface area contributed by atoms with Crippen LogP contribution in [0.25, 0.3) is 0 Å². The summed E-state index contributed by atoms with van der Waals surface area (Å²) in [5.74, 6) is -2.95. The number of benzene rings is 1. The molecule has 27 heavy (non-hydrogen) atoms. The number of rotatable bonds is 6.